The van der Waals surface area contributed by atoms with Gasteiger partial charge in [0, 0.05) is 34.3 Å². The number of rotatable bonds is 1. The first-order valence-electron chi connectivity index (χ1n) is 5.58. The summed E-state index contributed by atoms with van der Waals surface area (Å²) in [5.41, 5.74) is 1.36. The molecule has 3 N–H and O–H groups in total. The van der Waals surface area contributed by atoms with Gasteiger partial charge in [0.1, 0.15) is 0 Å². The summed E-state index contributed by atoms with van der Waals surface area (Å²) in [5, 5.41) is 19.5. The molecule has 94 valence electrons. The largest absolute Gasteiger partial charge is 0.504 e. The Morgan fingerprint density at radius 1 is 1.00 bits per heavy atom. The maximum absolute atomic E-state index is 11.8. The van der Waals surface area contributed by atoms with Crippen LogP contribution in [0.4, 0.5) is 0 Å². The smallest absolute Gasteiger partial charge is 0.186 e. The molecule has 0 spiro atoms. The van der Waals surface area contributed by atoms with Crippen LogP contribution in [-0.4, -0.2) is 26.8 Å². The van der Waals surface area contributed by atoms with Crippen LogP contribution in [0.5, 0.6) is 11.5 Å². The molecule has 5 nitrogen and oxygen atoms in total. The first-order valence-corrected chi connectivity index (χ1v) is 5.58. The number of phenols is 2. The maximum Gasteiger partial charge on any atom is 0.186 e. The van der Waals surface area contributed by atoms with E-state index >= 15 is 0 Å². The van der Waals surface area contributed by atoms with E-state index in [0.717, 1.165) is 0 Å². The number of aromatic hydroxyl groups is 2. The second-order valence-electron chi connectivity index (χ2n) is 4.25. The molecule has 0 atom stereocenters. The van der Waals surface area contributed by atoms with Crippen molar-refractivity contribution in [3.63, 3.8) is 0 Å². The van der Waals surface area contributed by atoms with E-state index in [4.69, 9.17) is 0 Å². The number of aromatic amines is 1. The molecule has 0 amide bonds. The number of carbonyl (C=O) groups excluding carboxylic acids is 2. The minimum Gasteiger partial charge on any atom is -0.504 e. The molecule has 0 saturated carbocycles. The lowest BCUT2D eigenvalue weighted by molar-refractivity contribution is -0.113. The third-order valence-corrected chi connectivity index (χ3v) is 3.02. The fourth-order valence-electron chi connectivity index (χ4n) is 2.09. The summed E-state index contributed by atoms with van der Waals surface area (Å²) in [6.07, 6.45) is 5.26. The van der Waals surface area contributed by atoms with Gasteiger partial charge in [-0.2, -0.15) is 0 Å². The molecule has 2 aromatic rings. The van der Waals surface area contributed by atoms with Crippen LogP contribution in [0.3, 0.4) is 0 Å². The molecule has 0 saturated heterocycles. The standard InChI is InChI=1S/C14H9NO4/c16-7-1-2-12(17)9(3-7)10-6-15-11-5-14(19)13(18)4-8(10)11/h1-6,15,18-19H. The lowest BCUT2D eigenvalue weighted by Gasteiger charge is -2.06. The fourth-order valence-corrected chi connectivity index (χ4v) is 2.09. The van der Waals surface area contributed by atoms with E-state index in [9.17, 15) is 19.8 Å². The second kappa shape index (κ2) is 3.84. The van der Waals surface area contributed by atoms with Crippen molar-refractivity contribution in [2.24, 2.45) is 0 Å². The molecule has 5 heteroatoms. The average Bonchev–Trinajstić information content (AvgIpc) is 2.76. The summed E-state index contributed by atoms with van der Waals surface area (Å²) in [6, 6.07) is 2.72. The second-order valence-corrected chi connectivity index (χ2v) is 4.25. The van der Waals surface area contributed by atoms with E-state index in [1.807, 2.05) is 0 Å². The summed E-state index contributed by atoms with van der Waals surface area (Å²) >= 11 is 0. The molecular formula is C14H9NO4. The van der Waals surface area contributed by atoms with Gasteiger partial charge in [-0.3, -0.25) is 9.59 Å². The molecule has 1 aliphatic carbocycles. The normalized spacial score (nSPS) is 15.1. The van der Waals surface area contributed by atoms with Gasteiger partial charge in [0.25, 0.3) is 0 Å². The van der Waals surface area contributed by atoms with Crippen LogP contribution in [-0.2, 0) is 9.59 Å². The van der Waals surface area contributed by atoms with Crippen molar-refractivity contribution in [1.82, 2.24) is 4.98 Å². The van der Waals surface area contributed by atoms with Crippen LogP contribution in [0.1, 0.15) is 5.56 Å². The Morgan fingerprint density at radius 3 is 2.53 bits per heavy atom. The predicted molar refractivity (Wildman–Crippen MR) is 68.8 cm³/mol. The van der Waals surface area contributed by atoms with Crippen molar-refractivity contribution in [3.8, 4) is 11.5 Å². The number of carbonyl (C=O) groups is 2. The van der Waals surface area contributed by atoms with Gasteiger partial charge in [-0.1, -0.05) is 0 Å². The molecular weight excluding hydrogens is 246 g/mol. The van der Waals surface area contributed by atoms with Gasteiger partial charge < -0.3 is 15.2 Å². The summed E-state index contributed by atoms with van der Waals surface area (Å²) in [5.74, 6) is -1.06. The number of hydrogen-bond donors (Lipinski definition) is 3. The van der Waals surface area contributed by atoms with Crippen molar-refractivity contribution < 1.29 is 19.8 Å². The van der Waals surface area contributed by atoms with E-state index in [1.165, 1.54) is 30.4 Å². The van der Waals surface area contributed by atoms with Gasteiger partial charge in [-0.05, 0) is 24.3 Å². The Bertz CT molecular complexity index is 780. The van der Waals surface area contributed by atoms with Crippen LogP contribution >= 0.6 is 0 Å². The highest BCUT2D eigenvalue weighted by Crippen LogP contribution is 2.34. The lowest BCUT2D eigenvalue weighted by atomic mass is 9.96. The van der Waals surface area contributed by atoms with Crippen molar-refractivity contribution in [2.75, 3.05) is 0 Å². The Kier molecular flexibility index (Phi) is 2.28. The third kappa shape index (κ3) is 1.72. The minimum atomic E-state index is -0.279. The fraction of sp³-hybridized carbons (Fsp3) is 0. The van der Waals surface area contributed by atoms with Crippen molar-refractivity contribution >= 4 is 28.0 Å². The maximum atomic E-state index is 11.8. The van der Waals surface area contributed by atoms with Gasteiger partial charge >= 0.3 is 0 Å². The highest BCUT2D eigenvalue weighted by molar-refractivity contribution is 6.35. The van der Waals surface area contributed by atoms with E-state index in [-0.39, 0.29) is 28.6 Å². The molecule has 0 unspecified atom stereocenters. The van der Waals surface area contributed by atoms with E-state index in [0.29, 0.717) is 16.5 Å². The molecule has 0 bridgehead atoms. The number of ketones is 2. The van der Waals surface area contributed by atoms with Gasteiger partial charge in [0.2, 0.25) is 0 Å². The quantitative estimate of drug-likeness (QED) is 0.534. The summed E-state index contributed by atoms with van der Waals surface area (Å²) in [6.45, 7) is 0. The summed E-state index contributed by atoms with van der Waals surface area (Å²) in [4.78, 5) is 26.0. The van der Waals surface area contributed by atoms with Crippen LogP contribution in [0, 0.1) is 0 Å². The molecule has 0 aliphatic heterocycles. The first kappa shape index (κ1) is 11.3. The number of hydrogen-bond acceptors (Lipinski definition) is 4. The highest BCUT2D eigenvalue weighted by atomic mass is 16.3. The number of allylic oxidation sites excluding steroid dienone is 4. The summed E-state index contributed by atoms with van der Waals surface area (Å²) < 4.78 is 0. The first-order chi connectivity index (χ1) is 9.06. The van der Waals surface area contributed by atoms with Gasteiger partial charge in [-0.15, -0.1) is 0 Å². The Balaban J connectivity index is 2.24. The molecule has 3 rings (SSSR count). The zero-order chi connectivity index (χ0) is 13.6. The Labute approximate surface area is 107 Å². The number of aromatic nitrogens is 1. The topological polar surface area (TPSA) is 90.4 Å². The molecule has 1 aromatic heterocycles. The average molecular weight is 255 g/mol. The van der Waals surface area contributed by atoms with E-state index in [1.54, 1.807) is 6.20 Å². The van der Waals surface area contributed by atoms with Crippen LogP contribution in [0.2, 0.25) is 0 Å². The number of H-pyrrole nitrogens is 1. The molecule has 1 aliphatic rings. The zero-order valence-corrected chi connectivity index (χ0v) is 9.68. The van der Waals surface area contributed by atoms with E-state index in [2.05, 4.69) is 4.98 Å². The zero-order valence-electron chi connectivity index (χ0n) is 9.68. The number of phenolic OH excluding ortho intramolecular Hbond substituents is 2. The molecule has 0 radical (unpaired) electrons. The highest BCUT2D eigenvalue weighted by Gasteiger charge is 2.19. The van der Waals surface area contributed by atoms with Crippen molar-refractivity contribution in [2.45, 2.75) is 0 Å². The summed E-state index contributed by atoms with van der Waals surface area (Å²) in [7, 11) is 0. The molecule has 0 fully saturated rings. The van der Waals surface area contributed by atoms with Crippen molar-refractivity contribution in [1.29, 1.82) is 0 Å². The van der Waals surface area contributed by atoms with Crippen LogP contribution in [0.25, 0.3) is 16.5 Å². The lowest BCUT2D eigenvalue weighted by Crippen LogP contribution is -2.06. The predicted octanol–water partition coefficient (Wildman–Crippen LogP) is 1.67. The third-order valence-electron chi connectivity index (χ3n) is 3.02. The number of benzene rings is 1. The SMILES string of the molecule is O=C1C=CC(=O)C(c2c[nH]c3cc(O)c(O)cc23)=C1. The minimum absolute atomic E-state index is 0.249. The molecule has 1 aromatic carbocycles. The van der Waals surface area contributed by atoms with Crippen LogP contribution in [0.15, 0.2) is 36.6 Å². The number of fused-ring (bicyclic) bond motifs is 1. The Morgan fingerprint density at radius 2 is 1.74 bits per heavy atom. The van der Waals surface area contributed by atoms with Gasteiger partial charge in [0.05, 0.1) is 0 Å². The molecule has 19 heavy (non-hydrogen) atoms. The monoisotopic (exact) mass is 255 g/mol. The van der Waals surface area contributed by atoms with Gasteiger partial charge in [-0.25, -0.2) is 0 Å². The van der Waals surface area contributed by atoms with E-state index < -0.39 is 0 Å². The van der Waals surface area contributed by atoms with Crippen LogP contribution < -0.4 is 0 Å². The number of nitrogens with one attached hydrogen (secondary N) is 1. The molecule has 1 heterocycles. The van der Waals surface area contributed by atoms with Gasteiger partial charge in [0.15, 0.2) is 23.1 Å². The Hall–Kier alpha value is -2.82. The van der Waals surface area contributed by atoms with Crippen molar-refractivity contribution in [3.05, 3.63) is 42.1 Å².